The van der Waals surface area contributed by atoms with Crippen molar-refractivity contribution in [1.29, 1.82) is 0 Å². The van der Waals surface area contributed by atoms with E-state index in [0.29, 0.717) is 0 Å². The highest BCUT2D eigenvalue weighted by atomic mass is 32.2. The number of furan rings is 1. The van der Waals surface area contributed by atoms with Crippen molar-refractivity contribution in [1.82, 2.24) is 5.32 Å². The highest BCUT2D eigenvalue weighted by Gasteiger charge is 2.07. The SMILES string of the molecule is CCCNCc1ccccc1Sc1ccoc1C. The third kappa shape index (κ3) is 3.40. The molecular formula is C15H19NOS. The molecule has 0 saturated carbocycles. The van der Waals surface area contributed by atoms with Gasteiger partial charge in [0.15, 0.2) is 0 Å². The molecule has 3 heteroatoms. The van der Waals surface area contributed by atoms with Gasteiger partial charge >= 0.3 is 0 Å². The second-order valence-electron chi connectivity index (χ2n) is 4.23. The van der Waals surface area contributed by atoms with Crippen molar-refractivity contribution in [3.63, 3.8) is 0 Å². The average Bonchev–Trinajstić information content (AvgIpc) is 2.78. The largest absolute Gasteiger partial charge is 0.468 e. The molecule has 0 radical (unpaired) electrons. The van der Waals surface area contributed by atoms with Gasteiger partial charge < -0.3 is 9.73 Å². The van der Waals surface area contributed by atoms with Gasteiger partial charge in [-0.15, -0.1) is 0 Å². The molecular weight excluding hydrogens is 242 g/mol. The molecule has 96 valence electrons. The molecule has 2 aromatic rings. The molecule has 1 aromatic carbocycles. The first-order valence-electron chi connectivity index (χ1n) is 6.32. The first kappa shape index (κ1) is 13.2. The number of benzene rings is 1. The maximum absolute atomic E-state index is 5.34. The molecule has 0 unspecified atom stereocenters. The molecule has 1 heterocycles. The molecule has 0 fully saturated rings. The van der Waals surface area contributed by atoms with Crippen LogP contribution in [0.2, 0.25) is 0 Å². The monoisotopic (exact) mass is 261 g/mol. The lowest BCUT2D eigenvalue weighted by Gasteiger charge is -2.09. The van der Waals surface area contributed by atoms with Gasteiger partial charge in [0.25, 0.3) is 0 Å². The van der Waals surface area contributed by atoms with Gasteiger partial charge in [0.05, 0.1) is 11.2 Å². The highest BCUT2D eigenvalue weighted by Crippen LogP contribution is 2.33. The number of hydrogen-bond acceptors (Lipinski definition) is 3. The normalized spacial score (nSPS) is 10.8. The second kappa shape index (κ2) is 6.66. The molecule has 2 nitrogen and oxygen atoms in total. The lowest BCUT2D eigenvalue weighted by atomic mass is 10.2. The summed E-state index contributed by atoms with van der Waals surface area (Å²) in [5.41, 5.74) is 1.34. The van der Waals surface area contributed by atoms with Crippen LogP contribution in [0.3, 0.4) is 0 Å². The minimum Gasteiger partial charge on any atom is -0.468 e. The van der Waals surface area contributed by atoms with Crippen LogP contribution in [0, 0.1) is 6.92 Å². The Bertz CT molecular complexity index is 493. The number of rotatable bonds is 6. The summed E-state index contributed by atoms with van der Waals surface area (Å²) in [6.07, 6.45) is 2.91. The van der Waals surface area contributed by atoms with E-state index in [-0.39, 0.29) is 0 Å². The molecule has 0 aliphatic heterocycles. The molecule has 0 amide bonds. The van der Waals surface area contributed by atoms with Gasteiger partial charge in [0, 0.05) is 11.4 Å². The van der Waals surface area contributed by atoms with Crippen LogP contribution in [-0.4, -0.2) is 6.54 Å². The van der Waals surface area contributed by atoms with Crippen molar-refractivity contribution in [2.75, 3.05) is 6.54 Å². The van der Waals surface area contributed by atoms with Crippen molar-refractivity contribution in [3.05, 3.63) is 47.9 Å². The van der Waals surface area contributed by atoms with Crippen molar-refractivity contribution >= 4 is 11.8 Å². The van der Waals surface area contributed by atoms with Gasteiger partial charge in [-0.05, 0) is 37.6 Å². The van der Waals surface area contributed by atoms with Crippen LogP contribution in [-0.2, 0) is 6.54 Å². The Kier molecular flexibility index (Phi) is 4.90. The van der Waals surface area contributed by atoms with Crippen molar-refractivity contribution in [3.8, 4) is 0 Å². The standard InChI is InChI=1S/C15H19NOS/c1-3-9-16-11-13-6-4-5-7-15(13)18-14-8-10-17-12(14)2/h4-8,10,16H,3,9,11H2,1-2H3. The van der Waals surface area contributed by atoms with E-state index >= 15 is 0 Å². The van der Waals surface area contributed by atoms with Crippen molar-refractivity contribution in [2.24, 2.45) is 0 Å². The first-order chi connectivity index (χ1) is 8.81. The molecule has 0 aliphatic carbocycles. The van der Waals surface area contributed by atoms with Gasteiger partial charge in [-0.25, -0.2) is 0 Å². The summed E-state index contributed by atoms with van der Waals surface area (Å²) in [4.78, 5) is 2.49. The van der Waals surface area contributed by atoms with Crippen LogP contribution < -0.4 is 5.32 Å². The van der Waals surface area contributed by atoms with Crippen LogP contribution in [0.4, 0.5) is 0 Å². The smallest absolute Gasteiger partial charge is 0.114 e. The summed E-state index contributed by atoms with van der Waals surface area (Å²) < 4.78 is 5.34. The van der Waals surface area contributed by atoms with Crippen molar-refractivity contribution < 1.29 is 4.42 Å². The van der Waals surface area contributed by atoms with Gasteiger partial charge in [0.1, 0.15) is 5.76 Å². The van der Waals surface area contributed by atoms with E-state index < -0.39 is 0 Å². The Balaban J connectivity index is 2.10. The van der Waals surface area contributed by atoms with Gasteiger partial charge in [-0.1, -0.05) is 36.9 Å². The molecule has 1 aromatic heterocycles. The Morgan fingerprint density at radius 2 is 2.00 bits per heavy atom. The first-order valence-corrected chi connectivity index (χ1v) is 7.13. The number of aryl methyl sites for hydroxylation is 1. The summed E-state index contributed by atoms with van der Waals surface area (Å²) in [6, 6.07) is 10.5. The lowest BCUT2D eigenvalue weighted by Crippen LogP contribution is -2.14. The van der Waals surface area contributed by atoms with Crippen LogP contribution in [0.5, 0.6) is 0 Å². The predicted molar refractivity (Wildman–Crippen MR) is 76.0 cm³/mol. The van der Waals surface area contributed by atoms with E-state index in [9.17, 15) is 0 Å². The van der Waals surface area contributed by atoms with Crippen LogP contribution >= 0.6 is 11.8 Å². The maximum atomic E-state index is 5.34. The molecule has 0 saturated heterocycles. The maximum Gasteiger partial charge on any atom is 0.114 e. The van der Waals surface area contributed by atoms with Crippen LogP contribution in [0.15, 0.2) is 50.8 Å². The fourth-order valence-electron chi connectivity index (χ4n) is 1.75. The van der Waals surface area contributed by atoms with E-state index in [4.69, 9.17) is 4.42 Å². The zero-order valence-corrected chi connectivity index (χ0v) is 11.7. The van der Waals surface area contributed by atoms with E-state index in [1.54, 1.807) is 18.0 Å². The average molecular weight is 261 g/mol. The predicted octanol–water partition coefficient (Wildman–Crippen LogP) is 4.24. The van der Waals surface area contributed by atoms with E-state index in [1.807, 2.05) is 13.0 Å². The van der Waals surface area contributed by atoms with Gasteiger partial charge in [-0.3, -0.25) is 0 Å². The quantitative estimate of drug-likeness (QED) is 0.787. The third-order valence-electron chi connectivity index (χ3n) is 2.75. The summed E-state index contributed by atoms with van der Waals surface area (Å²) in [6.45, 7) is 6.17. The second-order valence-corrected chi connectivity index (χ2v) is 5.31. The zero-order valence-electron chi connectivity index (χ0n) is 10.9. The third-order valence-corrected chi connectivity index (χ3v) is 4.01. The van der Waals surface area contributed by atoms with Crippen molar-refractivity contribution in [2.45, 2.75) is 36.6 Å². The Morgan fingerprint density at radius 3 is 2.72 bits per heavy atom. The Labute approximate surface area is 113 Å². The van der Waals surface area contributed by atoms with Crippen LogP contribution in [0.25, 0.3) is 0 Å². The fraction of sp³-hybridized carbons (Fsp3) is 0.333. The number of hydrogen-bond donors (Lipinski definition) is 1. The highest BCUT2D eigenvalue weighted by molar-refractivity contribution is 7.99. The molecule has 0 aliphatic rings. The molecule has 1 N–H and O–H groups in total. The lowest BCUT2D eigenvalue weighted by molar-refractivity contribution is 0.527. The number of nitrogens with one attached hydrogen (secondary N) is 1. The summed E-state index contributed by atoms with van der Waals surface area (Å²) in [7, 11) is 0. The van der Waals surface area contributed by atoms with Crippen LogP contribution in [0.1, 0.15) is 24.7 Å². The summed E-state index contributed by atoms with van der Waals surface area (Å²) >= 11 is 1.77. The zero-order chi connectivity index (χ0) is 12.8. The van der Waals surface area contributed by atoms with Gasteiger partial charge in [0.2, 0.25) is 0 Å². The molecule has 0 spiro atoms. The minimum absolute atomic E-state index is 0.925. The molecule has 0 atom stereocenters. The Morgan fingerprint density at radius 1 is 1.17 bits per heavy atom. The minimum atomic E-state index is 0.925. The topological polar surface area (TPSA) is 25.2 Å². The summed E-state index contributed by atoms with van der Waals surface area (Å²) in [5.74, 6) is 0.983. The fourth-order valence-corrected chi connectivity index (χ4v) is 2.72. The Hall–Kier alpha value is -1.19. The van der Waals surface area contributed by atoms with E-state index in [2.05, 4.69) is 36.5 Å². The molecule has 0 bridgehead atoms. The molecule has 2 rings (SSSR count). The molecule has 18 heavy (non-hydrogen) atoms. The van der Waals surface area contributed by atoms with E-state index in [1.165, 1.54) is 15.4 Å². The van der Waals surface area contributed by atoms with E-state index in [0.717, 1.165) is 25.3 Å². The van der Waals surface area contributed by atoms with Gasteiger partial charge in [-0.2, -0.15) is 0 Å². The summed E-state index contributed by atoms with van der Waals surface area (Å²) in [5, 5.41) is 3.45.